The number of carboxylic acid groups (broad SMARTS) is 1. The molecule has 1 saturated carbocycles. The molecule has 5 heteroatoms. The van der Waals surface area contributed by atoms with E-state index in [1.165, 1.54) is 5.56 Å². The number of hydrogen-bond donors (Lipinski definition) is 2. The summed E-state index contributed by atoms with van der Waals surface area (Å²) < 4.78 is 0. The zero-order chi connectivity index (χ0) is 15.5. The highest BCUT2D eigenvalue weighted by molar-refractivity contribution is 5.69. The zero-order valence-electron chi connectivity index (χ0n) is 12.7. The molecule has 0 radical (unpaired) electrons. The molecule has 1 aliphatic carbocycles. The molecule has 1 aromatic carbocycles. The first-order chi connectivity index (χ1) is 10.6. The van der Waals surface area contributed by atoms with Gasteiger partial charge in [0.15, 0.2) is 5.82 Å². The number of carbonyl (C=O) groups is 1. The largest absolute Gasteiger partial charge is 0.481 e. The van der Waals surface area contributed by atoms with E-state index in [1.54, 1.807) is 6.33 Å². The summed E-state index contributed by atoms with van der Waals surface area (Å²) in [5.41, 5.74) is 2.35. The molecule has 0 spiro atoms. The molecule has 0 saturated heterocycles. The van der Waals surface area contributed by atoms with Gasteiger partial charge in [-0.05, 0) is 43.1 Å². The van der Waals surface area contributed by atoms with E-state index in [9.17, 15) is 4.79 Å². The molecule has 5 nitrogen and oxygen atoms in total. The number of H-pyrrole nitrogens is 1. The van der Waals surface area contributed by atoms with Crippen molar-refractivity contribution in [3.63, 3.8) is 0 Å². The second-order valence-corrected chi connectivity index (χ2v) is 6.18. The van der Waals surface area contributed by atoms with Crippen molar-refractivity contribution >= 4 is 5.97 Å². The molecule has 0 amide bonds. The number of rotatable bonds is 4. The van der Waals surface area contributed by atoms with Gasteiger partial charge in [-0.25, -0.2) is 4.98 Å². The first-order valence-electron chi connectivity index (χ1n) is 7.84. The molecule has 116 valence electrons. The smallest absolute Gasteiger partial charge is 0.306 e. The van der Waals surface area contributed by atoms with Crippen molar-refractivity contribution in [1.29, 1.82) is 0 Å². The predicted octanol–water partition coefficient (Wildman–Crippen LogP) is 3.47. The average molecular weight is 299 g/mol. The molecule has 1 aliphatic rings. The van der Waals surface area contributed by atoms with Crippen LogP contribution in [-0.4, -0.2) is 26.3 Å². The van der Waals surface area contributed by atoms with Gasteiger partial charge in [-0.1, -0.05) is 31.2 Å². The van der Waals surface area contributed by atoms with E-state index < -0.39 is 5.97 Å². The lowest BCUT2D eigenvalue weighted by Gasteiger charge is -2.31. The van der Waals surface area contributed by atoms with Gasteiger partial charge in [0.05, 0.1) is 5.92 Å². The number of benzene rings is 1. The maximum atomic E-state index is 11.1. The SMILES string of the molecule is CC(C(=O)O)C1CCC(c2ccc(-c3nc[nH]n3)cc2)CC1. The summed E-state index contributed by atoms with van der Waals surface area (Å²) in [5.74, 6) is 0.679. The fourth-order valence-corrected chi connectivity index (χ4v) is 3.41. The van der Waals surface area contributed by atoms with Crippen molar-refractivity contribution in [3.8, 4) is 11.4 Å². The van der Waals surface area contributed by atoms with Gasteiger partial charge in [0.1, 0.15) is 6.33 Å². The average Bonchev–Trinajstić information content (AvgIpc) is 3.09. The fourth-order valence-electron chi connectivity index (χ4n) is 3.41. The summed E-state index contributed by atoms with van der Waals surface area (Å²) in [7, 11) is 0. The summed E-state index contributed by atoms with van der Waals surface area (Å²) in [6, 6.07) is 8.42. The normalized spacial score (nSPS) is 23.1. The topological polar surface area (TPSA) is 78.9 Å². The van der Waals surface area contributed by atoms with Crippen LogP contribution in [0.15, 0.2) is 30.6 Å². The molecule has 1 fully saturated rings. The molecule has 1 aromatic heterocycles. The van der Waals surface area contributed by atoms with E-state index in [4.69, 9.17) is 5.11 Å². The molecule has 3 rings (SSSR count). The number of aromatic amines is 1. The van der Waals surface area contributed by atoms with Crippen molar-refractivity contribution in [3.05, 3.63) is 36.2 Å². The third-order valence-electron chi connectivity index (χ3n) is 4.92. The van der Waals surface area contributed by atoms with Crippen molar-refractivity contribution in [2.45, 2.75) is 38.5 Å². The Kier molecular flexibility index (Phi) is 4.22. The van der Waals surface area contributed by atoms with Gasteiger partial charge in [-0.3, -0.25) is 9.89 Å². The van der Waals surface area contributed by atoms with Crippen LogP contribution in [0.5, 0.6) is 0 Å². The Bertz CT molecular complexity index is 614. The second kappa shape index (κ2) is 6.30. The summed E-state index contributed by atoms with van der Waals surface area (Å²) in [4.78, 5) is 15.2. The number of nitrogens with zero attached hydrogens (tertiary/aromatic N) is 2. The highest BCUT2D eigenvalue weighted by Gasteiger charge is 2.29. The number of aliphatic carboxylic acids is 1. The lowest BCUT2D eigenvalue weighted by Crippen LogP contribution is -2.24. The highest BCUT2D eigenvalue weighted by atomic mass is 16.4. The van der Waals surface area contributed by atoms with Crippen molar-refractivity contribution in [2.75, 3.05) is 0 Å². The van der Waals surface area contributed by atoms with Gasteiger partial charge in [-0.15, -0.1) is 0 Å². The monoisotopic (exact) mass is 299 g/mol. The molecule has 1 heterocycles. The summed E-state index contributed by atoms with van der Waals surface area (Å²) in [6.45, 7) is 1.83. The minimum absolute atomic E-state index is 0.228. The number of aromatic nitrogens is 3. The third-order valence-corrected chi connectivity index (χ3v) is 4.92. The van der Waals surface area contributed by atoms with Crippen LogP contribution >= 0.6 is 0 Å². The van der Waals surface area contributed by atoms with Crippen LogP contribution in [0.1, 0.15) is 44.1 Å². The Morgan fingerprint density at radius 1 is 1.23 bits per heavy atom. The first-order valence-corrected chi connectivity index (χ1v) is 7.84. The van der Waals surface area contributed by atoms with E-state index in [1.807, 2.05) is 6.92 Å². The lowest BCUT2D eigenvalue weighted by atomic mass is 9.74. The lowest BCUT2D eigenvalue weighted by molar-refractivity contribution is -0.143. The van der Waals surface area contributed by atoms with E-state index in [-0.39, 0.29) is 5.92 Å². The van der Waals surface area contributed by atoms with Crippen LogP contribution in [0, 0.1) is 11.8 Å². The molecule has 22 heavy (non-hydrogen) atoms. The van der Waals surface area contributed by atoms with Crippen LogP contribution < -0.4 is 0 Å². The van der Waals surface area contributed by atoms with Crippen LogP contribution in [-0.2, 0) is 4.79 Å². The van der Waals surface area contributed by atoms with Gasteiger partial charge in [0.2, 0.25) is 0 Å². The first kappa shape index (κ1) is 14.8. The Morgan fingerprint density at radius 3 is 2.45 bits per heavy atom. The van der Waals surface area contributed by atoms with Gasteiger partial charge in [-0.2, -0.15) is 5.10 Å². The van der Waals surface area contributed by atoms with E-state index in [0.29, 0.717) is 17.7 Å². The maximum Gasteiger partial charge on any atom is 0.306 e. The van der Waals surface area contributed by atoms with Crippen LogP contribution in [0.3, 0.4) is 0 Å². The Hall–Kier alpha value is -2.17. The van der Waals surface area contributed by atoms with E-state index in [2.05, 4.69) is 39.4 Å². The summed E-state index contributed by atoms with van der Waals surface area (Å²) in [5, 5.41) is 15.9. The quantitative estimate of drug-likeness (QED) is 0.906. The molecular weight excluding hydrogens is 278 g/mol. The van der Waals surface area contributed by atoms with Gasteiger partial charge in [0.25, 0.3) is 0 Å². The minimum atomic E-state index is -0.667. The van der Waals surface area contributed by atoms with Crippen molar-refractivity contribution < 1.29 is 9.90 Å². The Labute approximate surface area is 129 Å². The van der Waals surface area contributed by atoms with E-state index >= 15 is 0 Å². The van der Waals surface area contributed by atoms with Gasteiger partial charge in [0, 0.05) is 5.56 Å². The number of hydrogen-bond acceptors (Lipinski definition) is 3. The van der Waals surface area contributed by atoms with Crippen molar-refractivity contribution in [2.24, 2.45) is 11.8 Å². The zero-order valence-corrected chi connectivity index (χ0v) is 12.7. The molecule has 1 atom stereocenters. The third kappa shape index (κ3) is 3.03. The molecular formula is C17H21N3O2. The summed E-state index contributed by atoms with van der Waals surface area (Å²) >= 11 is 0. The van der Waals surface area contributed by atoms with Crippen LogP contribution in [0.2, 0.25) is 0 Å². The van der Waals surface area contributed by atoms with Crippen LogP contribution in [0.25, 0.3) is 11.4 Å². The molecule has 2 aromatic rings. The Balaban J connectivity index is 1.63. The highest BCUT2D eigenvalue weighted by Crippen LogP contribution is 2.39. The second-order valence-electron chi connectivity index (χ2n) is 6.18. The molecule has 2 N–H and O–H groups in total. The fraction of sp³-hybridized carbons (Fsp3) is 0.471. The van der Waals surface area contributed by atoms with Gasteiger partial charge < -0.3 is 5.11 Å². The minimum Gasteiger partial charge on any atom is -0.481 e. The van der Waals surface area contributed by atoms with Crippen LogP contribution in [0.4, 0.5) is 0 Å². The van der Waals surface area contributed by atoms with Crippen molar-refractivity contribution in [1.82, 2.24) is 15.2 Å². The maximum absolute atomic E-state index is 11.1. The molecule has 0 bridgehead atoms. The predicted molar refractivity (Wildman–Crippen MR) is 83.3 cm³/mol. The Morgan fingerprint density at radius 2 is 1.91 bits per heavy atom. The van der Waals surface area contributed by atoms with Gasteiger partial charge >= 0.3 is 5.97 Å². The van der Waals surface area contributed by atoms with E-state index in [0.717, 1.165) is 31.2 Å². The standard InChI is InChI=1S/C17H21N3O2/c1-11(17(21)22)12-2-4-13(5-3-12)14-6-8-15(9-7-14)16-18-10-19-20-16/h6-13H,2-5H2,1H3,(H,21,22)(H,18,19,20). The number of carboxylic acids is 1. The summed E-state index contributed by atoms with van der Waals surface area (Å²) in [6.07, 6.45) is 5.72. The molecule has 1 unspecified atom stereocenters. The number of nitrogens with one attached hydrogen (secondary N) is 1. The molecule has 0 aliphatic heterocycles.